The van der Waals surface area contributed by atoms with E-state index in [1.165, 1.54) is 18.9 Å². The first-order chi connectivity index (χ1) is 9.49. The molecule has 0 radical (unpaired) electrons. The maximum Gasteiger partial charge on any atom is 0.330 e. The van der Waals surface area contributed by atoms with Gasteiger partial charge >= 0.3 is 5.97 Å². The van der Waals surface area contributed by atoms with Crippen LogP contribution in [0.4, 0.5) is 0 Å². The van der Waals surface area contributed by atoms with Gasteiger partial charge in [-0.3, -0.25) is 4.79 Å². The minimum absolute atomic E-state index is 0.164. The number of nitrogens with zero attached hydrogens (tertiary/aromatic N) is 1. The fraction of sp³-hybridized carbons (Fsp3) is 0.583. The highest BCUT2D eigenvalue weighted by atomic mass is 32.2. The van der Waals surface area contributed by atoms with Gasteiger partial charge in [-0.2, -0.15) is 0 Å². The van der Waals surface area contributed by atoms with Crippen molar-refractivity contribution in [2.45, 2.75) is 25.6 Å². The number of carbonyl (C=O) groups excluding carboxylic acids is 2. The highest BCUT2D eigenvalue weighted by Gasteiger charge is 2.20. The number of carbonyl (C=O) groups is 2. The van der Waals surface area contributed by atoms with Gasteiger partial charge in [-0.05, 0) is 13.8 Å². The van der Waals surface area contributed by atoms with E-state index in [9.17, 15) is 9.59 Å². The van der Waals surface area contributed by atoms with Crippen LogP contribution in [0.25, 0.3) is 0 Å². The Labute approximate surface area is 121 Å². The summed E-state index contributed by atoms with van der Waals surface area (Å²) in [5.41, 5.74) is 1.77. The van der Waals surface area contributed by atoms with Crippen LogP contribution in [0.3, 0.4) is 0 Å². The van der Waals surface area contributed by atoms with Gasteiger partial charge < -0.3 is 19.7 Å². The molecule has 1 unspecified atom stereocenters. The second-order valence-corrected chi connectivity index (χ2v) is 5.11. The molecule has 0 spiro atoms. The van der Waals surface area contributed by atoms with Gasteiger partial charge in [0.15, 0.2) is 6.04 Å². The van der Waals surface area contributed by atoms with Gasteiger partial charge in [0, 0.05) is 11.3 Å². The Morgan fingerprint density at radius 1 is 1.50 bits per heavy atom. The summed E-state index contributed by atoms with van der Waals surface area (Å²) in [4.78, 5) is 22.8. The quantitative estimate of drug-likeness (QED) is 0.692. The SMILES string of the molecule is COC(=O)C(CO)NC(=O)CSCc1c(C)noc1C. The lowest BCUT2D eigenvalue weighted by Gasteiger charge is -2.13. The molecule has 7 nitrogen and oxygen atoms in total. The molecule has 1 amide bonds. The number of hydrogen-bond donors (Lipinski definition) is 2. The number of hydrogen-bond acceptors (Lipinski definition) is 7. The molecule has 0 aromatic carbocycles. The van der Waals surface area contributed by atoms with E-state index in [1.54, 1.807) is 0 Å². The third kappa shape index (κ3) is 4.53. The number of ether oxygens (including phenoxy) is 1. The predicted molar refractivity (Wildman–Crippen MR) is 73.2 cm³/mol. The number of rotatable bonds is 7. The van der Waals surface area contributed by atoms with Crippen LogP contribution in [0.2, 0.25) is 0 Å². The fourth-order valence-corrected chi connectivity index (χ4v) is 2.50. The molecule has 0 aliphatic heterocycles. The highest BCUT2D eigenvalue weighted by molar-refractivity contribution is 7.99. The van der Waals surface area contributed by atoms with Crippen molar-refractivity contribution in [2.75, 3.05) is 19.5 Å². The van der Waals surface area contributed by atoms with E-state index in [0.717, 1.165) is 17.0 Å². The lowest BCUT2D eigenvalue weighted by molar-refractivity contribution is -0.145. The first-order valence-electron chi connectivity index (χ1n) is 5.97. The Balaban J connectivity index is 2.38. The smallest absolute Gasteiger partial charge is 0.330 e. The van der Waals surface area contributed by atoms with E-state index >= 15 is 0 Å². The highest BCUT2D eigenvalue weighted by Crippen LogP contribution is 2.19. The van der Waals surface area contributed by atoms with Crippen LogP contribution in [0, 0.1) is 13.8 Å². The zero-order valence-corrected chi connectivity index (χ0v) is 12.5. The lowest BCUT2D eigenvalue weighted by Crippen LogP contribution is -2.44. The zero-order chi connectivity index (χ0) is 15.1. The monoisotopic (exact) mass is 302 g/mol. The third-order valence-electron chi connectivity index (χ3n) is 2.66. The molecule has 20 heavy (non-hydrogen) atoms. The van der Waals surface area contributed by atoms with Crippen molar-refractivity contribution < 1.29 is 24.0 Å². The van der Waals surface area contributed by atoms with Crippen LogP contribution in [0.15, 0.2) is 4.52 Å². The summed E-state index contributed by atoms with van der Waals surface area (Å²) >= 11 is 1.37. The van der Waals surface area contributed by atoms with Gasteiger partial charge in [-0.25, -0.2) is 4.79 Å². The first-order valence-corrected chi connectivity index (χ1v) is 7.12. The number of aliphatic hydroxyl groups excluding tert-OH is 1. The van der Waals surface area contributed by atoms with Gasteiger partial charge in [0.25, 0.3) is 0 Å². The molecule has 1 aromatic rings. The molecule has 8 heteroatoms. The zero-order valence-electron chi connectivity index (χ0n) is 11.6. The summed E-state index contributed by atoms with van der Waals surface area (Å²) < 4.78 is 9.48. The molecule has 112 valence electrons. The van der Waals surface area contributed by atoms with E-state index in [2.05, 4.69) is 15.2 Å². The van der Waals surface area contributed by atoms with Crippen molar-refractivity contribution in [1.82, 2.24) is 10.5 Å². The minimum atomic E-state index is -1.02. The Bertz CT molecular complexity index is 455. The Morgan fingerprint density at radius 2 is 2.20 bits per heavy atom. The minimum Gasteiger partial charge on any atom is -0.467 e. The van der Waals surface area contributed by atoms with Crippen LogP contribution < -0.4 is 5.32 Å². The van der Waals surface area contributed by atoms with Gasteiger partial charge in [0.2, 0.25) is 5.91 Å². The Morgan fingerprint density at radius 3 is 2.70 bits per heavy atom. The van der Waals surface area contributed by atoms with Gasteiger partial charge in [-0.1, -0.05) is 5.16 Å². The standard InChI is InChI=1S/C12H18N2O5S/c1-7-9(8(2)19-14-7)5-20-6-11(16)13-10(4-15)12(17)18-3/h10,15H,4-6H2,1-3H3,(H,13,16). The van der Waals surface area contributed by atoms with Crippen LogP contribution >= 0.6 is 11.8 Å². The summed E-state index contributed by atoms with van der Waals surface area (Å²) in [7, 11) is 1.20. The summed E-state index contributed by atoms with van der Waals surface area (Å²) in [5.74, 6) is 0.481. The molecule has 1 atom stereocenters. The molecule has 0 fully saturated rings. The number of amides is 1. The third-order valence-corrected chi connectivity index (χ3v) is 3.62. The lowest BCUT2D eigenvalue weighted by atomic mass is 10.2. The number of methoxy groups -OCH3 is 1. The van der Waals surface area contributed by atoms with Crippen molar-refractivity contribution in [3.63, 3.8) is 0 Å². The molecular weight excluding hydrogens is 284 g/mol. The van der Waals surface area contributed by atoms with Gasteiger partial charge in [0.05, 0.1) is 25.2 Å². The topological polar surface area (TPSA) is 102 Å². The van der Waals surface area contributed by atoms with Crippen molar-refractivity contribution in [3.05, 3.63) is 17.0 Å². The van der Waals surface area contributed by atoms with Crippen LogP contribution in [0.1, 0.15) is 17.0 Å². The average molecular weight is 302 g/mol. The van der Waals surface area contributed by atoms with Crippen molar-refractivity contribution in [3.8, 4) is 0 Å². The first kappa shape index (κ1) is 16.5. The van der Waals surface area contributed by atoms with Crippen LogP contribution in [-0.2, 0) is 20.1 Å². The van der Waals surface area contributed by atoms with Crippen LogP contribution in [-0.4, -0.2) is 47.7 Å². The second-order valence-electron chi connectivity index (χ2n) is 4.12. The Kier molecular flexibility index (Phi) is 6.53. The fourth-order valence-electron chi connectivity index (χ4n) is 1.51. The number of thioether (sulfide) groups is 1. The summed E-state index contributed by atoms with van der Waals surface area (Å²) in [5, 5.41) is 15.2. The summed E-state index contributed by atoms with van der Waals surface area (Å²) in [6, 6.07) is -1.02. The number of nitrogens with one attached hydrogen (secondary N) is 1. The van der Waals surface area contributed by atoms with Crippen molar-refractivity contribution in [2.24, 2.45) is 0 Å². The molecule has 0 bridgehead atoms. The van der Waals surface area contributed by atoms with E-state index < -0.39 is 18.6 Å². The molecule has 1 heterocycles. The summed E-state index contributed by atoms with van der Waals surface area (Å²) in [6.45, 7) is 3.16. The van der Waals surface area contributed by atoms with E-state index in [-0.39, 0.29) is 11.7 Å². The van der Waals surface area contributed by atoms with Crippen molar-refractivity contribution in [1.29, 1.82) is 0 Å². The molecule has 0 aliphatic carbocycles. The number of esters is 1. The Hall–Kier alpha value is -1.54. The van der Waals surface area contributed by atoms with E-state index in [4.69, 9.17) is 9.63 Å². The van der Waals surface area contributed by atoms with Crippen LogP contribution in [0.5, 0.6) is 0 Å². The number of aliphatic hydroxyl groups is 1. The van der Waals surface area contributed by atoms with E-state index in [0.29, 0.717) is 5.75 Å². The predicted octanol–water partition coefficient (Wildman–Crippen LogP) is 0.175. The molecular formula is C12H18N2O5S. The molecule has 2 N–H and O–H groups in total. The maximum absolute atomic E-state index is 11.6. The summed E-state index contributed by atoms with van der Waals surface area (Å²) in [6.07, 6.45) is 0. The number of aryl methyl sites for hydroxylation is 2. The maximum atomic E-state index is 11.6. The molecule has 0 saturated heterocycles. The molecule has 0 aliphatic rings. The molecule has 1 rings (SSSR count). The molecule has 0 saturated carbocycles. The van der Waals surface area contributed by atoms with Gasteiger partial charge in [0.1, 0.15) is 5.76 Å². The largest absolute Gasteiger partial charge is 0.467 e. The van der Waals surface area contributed by atoms with Gasteiger partial charge in [-0.15, -0.1) is 11.8 Å². The second kappa shape index (κ2) is 7.91. The van der Waals surface area contributed by atoms with Crippen molar-refractivity contribution >= 4 is 23.6 Å². The molecule has 1 aromatic heterocycles. The van der Waals surface area contributed by atoms with E-state index in [1.807, 2.05) is 13.8 Å². The normalized spacial score (nSPS) is 12.0. The number of aromatic nitrogens is 1. The average Bonchev–Trinajstić information content (AvgIpc) is 2.75.